The van der Waals surface area contributed by atoms with Crippen molar-refractivity contribution in [1.82, 2.24) is 9.80 Å². The standard InChI is InChI=1S/C16H30N2O4/c1-16(2,3)22-15(21)18-11-7-10-17(12-13-18)9-6-4-5-8-14(19)20/h4-13H2,1-3H3,(H,19,20). The third-order valence-corrected chi connectivity index (χ3v) is 3.61. The second-order valence-corrected chi connectivity index (χ2v) is 6.87. The van der Waals surface area contributed by atoms with E-state index in [4.69, 9.17) is 9.84 Å². The summed E-state index contributed by atoms with van der Waals surface area (Å²) in [4.78, 5) is 26.7. The van der Waals surface area contributed by atoms with Crippen molar-refractivity contribution in [2.24, 2.45) is 0 Å². The molecule has 6 heteroatoms. The molecule has 1 heterocycles. The highest BCUT2D eigenvalue weighted by molar-refractivity contribution is 5.68. The second kappa shape index (κ2) is 8.98. The number of carboxylic acids is 1. The van der Waals surface area contributed by atoms with Gasteiger partial charge in [0.1, 0.15) is 5.60 Å². The van der Waals surface area contributed by atoms with Crippen LogP contribution in [0, 0.1) is 0 Å². The molecule has 0 aliphatic carbocycles. The van der Waals surface area contributed by atoms with E-state index in [0.29, 0.717) is 6.54 Å². The number of ether oxygens (including phenoxy) is 1. The number of rotatable bonds is 6. The number of hydrogen-bond acceptors (Lipinski definition) is 4. The first kappa shape index (κ1) is 18.7. The second-order valence-electron chi connectivity index (χ2n) is 6.87. The highest BCUT2D eigenvalue weighted by Gasteiger charge is 2.24. The van der Waals surface area contributed by atoms with Gasteiger partial charge >= 0.3 is 12.1 Å². The molecule has 1 saturated heterocycles. The third kappa shape index (κ3) is 8.22. The molecular weight excluding hydrogens is 284 g/mol. The molecule has 6 nitrogen and oxygen atoms in total. The lowest BCUT2D eigenvalue weighted by Gasteiger charge is -2.26. The monoisotopic (exact) mass is 314 g/mol. The summed E-state index contributed by atoms with van der Waals surface area (Å²) >= 11 is 0. The fraction of sp³-hybridized carbons (Fsp3) is 0.875. The van der Waals surface area contributed by atoms with Gasteiger partial charge in [0.05, 0.1) is 0 Å². The van der Waals surface area contributed by atoms with Crippen LogP contribution in [0.25, 0.3) is 0 Å². The first-order chi connectivity index (χ1) is 10.3. The summed E-state index contributed by atoms with van der Waals surface area (Å²) in [6.07, 6.45) is 3.68. The van der Waals surface area contributed by atoms with Gasteiger partial charge in [-0.3, -0.25) is 4.79 Å². The van der Waals surface area contributed by atoms with Gasteiger partial charge in [0.25, 0.3) is 0 Å². The van der Waals surface area contributed by atoms with Crippen LogP contribution in [0.15, 0.2) is 0 Å². The van der Waals surface area contributed by atoms with Crippen molar-refractivity contribution in [2.45, 2.75) is 58.5 Å². The van der Waals surface area contributed by atoms with Gasteiger partial charge in [0.2, 0.25) is 0 Å². The lowest BCUT2D eigenvalue weighted by molar-refractivity contribution is -0.137. The summed E-state index contributed by atoms with van der Waals surface area (Å²) in [6.45, 7) is 9.90. The molecule has 1 amide bonds. The molecule has 1 aliphatic rings. The summed E-state index contributed by atoms with van der Waals surface area (Å²) in [6, 6.07) is 0. The van der Waals surface area contributed by atoms with Gasteiger partial charge < -0.3 is 19.6 Å². The Morgan fingerprint density at radius 2 is 1.77 bits per heavy atom. The van der Waals surface area contributed by atoms with Crippen molar-refractivity contribution >= 4 is 12.1 Å². The number of unbranched alkanes of at least 4 members (excludes halogenated alkanes) is 2. The van der Waals surface area contributed by atoms with Crippen LogP contribution < -0.4 is 0 Å². The van der Waals surface area contributed by atoms with Crippen molar-refractivity contribution in [1.29, 1.82) is 0 Å². The molecule has 22 heavy (non-hydrogen) atoms. The summed E-state index contributed by atoms with van der Waals surface area (Å²) < 4.78 is 5.42. The predicted octanol–water partition coefficient (Wildman–Crippen LogP) is 2.57. The zero-order valence-corrected chi connectivity index (χ0v) is 14.1. The van der Waals surface area contributed by atoms with Crippen LogP contribution in [-0.4, -0.2) is 65.3 Å². The zero-order valence-electron chi connectivity index (χ0n) is 14.1. The molecule has 0 radical (unpaired) electrons. The minimum atomic E-state index is -0.720. The number of hydrogen-bond donors (Lipinski definition) is 1. The van der Waals surface area contributed by atoms with E-state index in [0.717, 1.165) is 51.9 Å². The van der Waals surface area contributed by atoms with Gasteiger partial charge in [-0.05, 0) is 53.1 Å². The Balaban J connectivity index is 2.24. The predicted molar refractivity (Wildman–Crippen MR) is 85.0 cm³/mol. The summed E-state index contributed by atoms with van der Waals surface area (Å²) in [5.74, 6) is -0.720. The van der Waals surface area contributed by atoms with E-state index in [1.54, 1.807) is 4.90 Å². The molecule has 0 unspecified atom stereocenters. The molecule has 0 saturated carbocycles. The van der Waals surface area contributed by atoms with Crippen molar-refractivity contribution in [3.05, 3.63) is 0 Å². The Hall–Kier alpha value is -1.30. The van der Waals surface area contributed by atoms with Crippen molar-refractivity contribution in [2.75, 3.05) is 32.7 Å². The molecule has 0 atom stereocenters. The van der Waals surface area contributed by atoms with Crippen LogP contribution in [-0.2, 0) is 9.53 Å². The minimum absolute atomic E-state index is 0.226. The Kier molecular flexibility index (Phi) is 7.65. The number of carbonyl (C=O) groups excluding carboxylic acids is 1. The van der Waals surface area contributed by atoms with Crippen LogP contribution in [0.1, 0.15) is 52.9 Å². The molecule has 128 valence electrons. The van der Waals surface area contributed by atoms with Crippen molar-refractivity contribution < 1.29 is 19.4 Å². The molecule has 0 bridgehead atoms. The van der Waals surface area contributed by atoms with Gasteiger partial charge in [-0.2, -0.15) is 0 Å². The molecule has 0 spiro atoms. The van der Waals surface area contributed by atoms with Crippen LogP contribution in [0.3, 0.4) is 0 Å². The average Bonchev–Trinajstić information content (AvgIpc) is 2.61. The van der Waals surface area contributed by atoms with E-state index in [1.807, 2.05) is 20.8 Å². The van der Waals surface area contributed by atoms with Crippen LogP contribution >= 0.6 is 0 Å². The lowest BCUT2D eigenvalue weighted by Crippen LogP contribution is -2.39. The van der Waals surface area contributed by atoms with Gasteiger partial charge in [0.15, 0.2) is 0 Å². The normalized spacial score (nSPS) is 17.1. The van der Waals surface area contributed by atoms with Gasteiger partial charge in [-0.25, -0.2) is 4.79 Å². The highest BCUT2D eigenvalue weighted by Crippen LogP contribution is 2.12. The first-order valence-corrected chi connectivity index (χ1v) is 8.20. The van der Waals surface area contributed by atoms with E-state index in [9.17, 15) is 9.59 Å². The molecule has 0 aromatic rings. The van der Waals surface area contributed by atoms with Gasteiger partial charge in [0, 0.05) is 26.1 Å². The topological polar surface area (TPSA) is 70.1 Å². The fourth-order valence-corrected chi connectivity index (χ4v) is 2.49. The summed E-state index contributed by atoms with van der Waals surface area (Å²) in [5.41, 5.74) is -0.451. The lowest BCUT2D eigenvalue weighted by atomic mass is 10.2. The largest absolute Gasteiger partial charge is 0.481 e. The first-order valence-electron chi connectivity index (χ1n) is 8.20. The number of aliphatic carboxylic acids is 1. The van der Waals surface area contributed by atoms with Crippen molar-refractivity contribution in [3.8, 4) is 0 Å². The maximum atomic E-state index is 12.1. The van der Waals surface area contributed by atoms with Crippen molar-refractivity contribution in [3.63, 3.8) is 0 Å². The van der Waals surface area contributed by atoms with E-state index < -0.39 is 11.6 Å². The highest BCUT2D eigenvalue weighted by atomic mass is 16.6. The number of nitrogens with zero attached hydrogens (tertiary/aromatic N) is 2. The number of carboxylic acid groups (broad SMARTS) is 1. The third-order valence-electron chi connectivity index (χ3n) is 3.61. The SMILES string of the molecule is CC(C)(C)OC(=O)N1CCCN(CCCCCC(=O)O)CC1. The molecule has 0 aromatic carbocycles. The molecule has 1 fully saturated rings. The molecule has 1 rings (SSSR count). The quantitative estimate of drug-likeness (QED) is 0.763. The van der Waals surface area contributed by atoms with E-state index in [2.05, 4.69) is 4.90 Å². The van der Waals surface area contributed by atoms with Gasteiger partial charge in [-0.1, -0.05) is 6.42 Å². The summed E-state index contributed by atoms with van der Waals surface area (Å²) in [5, 5.41) is 8.60. The fourth-order valence-electron chi connectivity index (χ4n) is 2.49. The molecular formula is C16H30N2O4. The Morgan fingerprint density at radius 3 is 2.41 bits per heavy atom. The molecule has 1 aliphatic heterocycles. The Morgan fingerprint density at radius 1 is 1.05 bits per heavy atom. The molecule has 0 aromatic heterocycles. The van der Waals surface area contributed by atoms with Crippen LogP contribution in [0.2, 0.25) is 0 Å². The van der Waals surface area contributed by atoms with E-state index >= 15 is 0 Å². The van der Waals surface area contributed by atoms with Gasteiger partial charge in [-0.15, -0.1) is 0 Å². The van der Waals surface area contributed by atoms with E-state index in [1.165, 1.54) is 0 Å². The smallest absolute Gasteiger partial charge is 0.410 e. The zero-order chi connectivity index (χ0) is 16.6. The Bertz CT molecular complexity index is 366. The minimum Gasteiger partial charge on any atom is -0.481 e. The number of carbonyl (C=O) groups is 2. The maximum absolute atomic E-state index is 12.1. The van der Waals surface area contributed by atoms with Crippen LogP contribution in [0.5, 0.6) is 0 Å². The number of amides is 1. The maximum Gasteiger partial charge on any atom is 0.410 e. The Labute approximate surface area is 133 Å². The van der Waals surface area contributed by atoms with Crippen LogP contribution in [0.4, 0.5) is 4.79 Å². The summed E-state index contributed by atoms with van der Waals surface area (Å²) in [7, 11) is 0. The molecule has 1 N–H and O–H groups in total. The average molecular weight is 314 g/mol. The van der Waals surface area contributed by atoms with E-state index in [-0.39, 0.29) is 12.5 Å².